The lowest BCUT2D eigenvalue weighted by Gasteiger charge is -2.39. The van der Waals surface area contributed by atoms with Crippen molar-refractivity contribution in [3.05, 3.63) is 60.2 Å². The molecule has 0 aliphatic carbocycles. The minimum Gasteiger partial charge on any atom is -0.317 e. The van der Waals surface area contributed by atoms with E-state index in [4.69, 9.17) is 0 Å². The monoisotopic (exact) mass is 336 g/mol. The molecule has 0 unspecified atom stereocenters. The van der Waals surface area contributed by atoms with E-state index in [9.17, 15) is 0 Å². The van der Waals surface area contributed by atoms with Gasteiger partial charge in [-0.2, -0.15) is 0 Å². The molecule has 0 bridgehead atoms. The lowest BCUT2D eigenvalue weighted by molar-refractivity contribution is 0.108. The number of piperidine rings is 1. The van der Waals surface area contributed by atoms with Crippen molar-refractivity contribution >= 4 is 0 Å². The van der Waals surface area contributed by atoms with E-state index in [0.29, 0.717) is 11.5 Å². The first-order valence-corrected chi connectivity index (χ1v) is 9.61. The summed E-state index contributed by atoms with van der Waals surface area (Å²) < 4.78 is 0. The fourth-order valence-electron chi connectivity index (χ4n) is 3.87. The van der Waals surface area contributed by atoms with E-state index in [2.05, 4.69) is 85.6 Å². The van der Waals surface area contributed by atoms with E-state index < -0.39 is 0 Å². The third-order valence-electron chi connectivity index (χ3n) is 4.98. The van der Waals surface area contributed by atoms with Crippen molar-refractivity contribution in [3.8, 4) is 11.1 Å². The Hall–Kier alpha value is -1.64. The van der Waals surface area contributed by atoms with Gasteiger partial charge in [-0.25, -0.2) is 0 Å². The average molecular weight is 337 g/mol. The van der Waals surface area contributed by atoms with Crippen LogP contribution in [0.4, 0.5) is 0 Å². The summed E-state index contributed by atoms with van der Waals surface area (Å²) in [5.41, 5.74) is 4.44. The summed E-state index contributed by atoms with van der Waals surface area (Å²) in [7, 11) is 0. The maximum Gasteiger partial charge on any atom is 0.0243 e. The van der Waals surface area contributed by atoms with Gasteiger partial charge in [-0.05, 0) is 48.0 Å². The van der Waals surface area contributed by atoms with Crippen molar-refractivity contribution < 1.29 is 0 Å². The number of hydrogen-bond donors (Lipinski definition) is 1. The highest BCUT2D eigenvalue weighted by Gasteiger charge is 2.25. The Bertz CT molecular complexity index is 651. The smallest absolute Gasteiger partial charge is 0.0243 e. The lowest BCUT2D eigenvalue weighted by Crippen LogP contribution is -2.45. The van der Waals surface area contributed by atoms with Gasteiger partial charge in [0.2, 0.25) is 0 Å². The second-order valence-electron chi connectivity index (χ2n) is 8.47. The van der Waals surface area contributed by atoms with E-state index in [-0.39, 0.29) is 0 Å². The second-order valence-corrected chi connectivity index (χ2v) is 8.47. The van der Waals surface area contributed by atoms with Crippen LogP contribution in [0, 0.1) is 5.41 Å². The van der Waals surface area contributed by atoms with Gasteiger partial charge < -0.3 is 5.32 Å². The Morgan fingerprint density at radius 2 is 1.56 bits per heavy atom. The largest absolute Gasteiger partial charge is 0.317 e. The Kier molecular flexibility index (Phi) is 5.93. The minimum absolute atomic E-state index is 0.312. The van der Waals surface area contributed by atoms with Crippen molar-refractivity contribution in [2.45, 2.75) is 46.2 Å². The Morgan fingerprint density at radius 1 is 0.920 bits per heavy atom. The molecule has 2 heteroatoms. The molecular formula is C23H32N2. The summed E-state index contributed by atoms with van der Waals surface area (Å²) in [5.74, 6) is 0. The first-order valence-electron chi connectivity index (χ1n) is 9.61. The summed E-state index contributed by atoms with van der Waals surface area (Å²) in [6.45, 7) is 11.5. The summed E-state index contributed by atoms with van der Waals surface area (Å²) in [6.07, 6.45) is 2.51. The Morgan fingerprint density at radius 3 is 2.24 bits per heavy atom. The third-order valence-corrected chi connectivity index (χ3v) is 4.98. The summed E-state index contributed by atoms with van der Waals surface area (Å²) in [4.78, 5) is 2.72. The summed E-state index contributed by atoms with van der Waals surface area (Å²) in [6, 6.07) is 20.4. The van der Waals surface area contributed by atoms with Gasteiger partial charge in [-0.1, -0.05) is 75.4 Å². The van der Waals surface area contributed by atoms with Crippen molar-refractivity contribution in [1.82, 2.24) is 10.2 Å². The molecule has 1 fully saturated rings. The van der Waals surface area contributed by atoms with Crippen molar-refractivity contribution in [1.29, 1.82) is 0 Å². The molecule has 1 saturated heterocycles. The van der Waals surface area contributed by atoms with Crippen LogP contribution in [0.2, 0.25) is 0 Å². The SMILES string of the molecule is CC(C)(C)CN(Cc1ccccc1-c1ccccc1)C1CCNCC1. The van der Waals surface area contributed by atoms with Gasteiger partial charge in [0.15, 0.2) is 0 Å². The predicted molar refractivity (Wildman–Crippen MR) is 108 cm³/mol. The highest BCUT2D eigenvalue weighted by Crippen LogP contribution is 2.28. The summed E-state index contributed by atoms with van der Waals surface area (Å²) >= 11 is 0. The van der Waals surface area contributed by atoms with Gasteiger partial charge in [0.25, 0.3) is 0 Å². The Balaban J connectivity index is 1.86. The molecule has 0 amide bonds. The first-order chi connectivity index (χ1) is 12.0. The highest BCUT2D eigenvalue weighted by molar-refractivity contribution is 5.67. The van der Waals surface area contributed by atoms with Gasteiger partial charge in [0.05, 0.1) is 0 Å². The molecule has 0 aromatic heterocycles. The molecule has 1 N–H and O–H groups in total. The first kappa shape index (κ1) is 18.2. The molecule has 2 aromatic rings. The van der Waals surface area contributed by atoms with E-state index in [1.165, 1.54) is 29.5 Å². The standard InChI is InChI=1S/C23H32N2/c1-23(2,3)18-25(21-13-15-24-16-14-21)17-20-11-7-8-12-22(20)19-9-5-4-6-10-19/h4-12,21,24H,13-18H2,1-3H3. The fraction of sp³-hybridized carbons (Fsp3) is 0.478. The van der Waals surface area contributed by atoms with Crippen LogP contribution in [-0.4, -0.2) is 30.6 Å². The zero-order valence-electron chi connectivity index (χ0n) is 16.0. The molecule has 0 atom stereocenters. The van der Waals surface area contributed by atoms with Crippen LogP contribution >= 0.6 is 0 Å². The Labute approximate surface area is 153 Å². The molecule has 0 spiro atoms. The zero-order chi connectivity index (χ0) is 17.7. The predicted octanol–water partition coefficient (Wildman–Crippen LogP) is 4.95. The van der Waals surface area contributed by atoms with Crippen molar-refractivity contribution in [3.63, 3.8) is 0 Å². The second kappa shape index (κ2) is 8.16. The molecule has 1 aliphatic rings. The van der Waals surface area contributed by atoms with Crippen LogP contribution < -0.4 is 5.32 Å². The number of benzene rings is 2. The third kappa shape index (κ3) is 5.17. The van der Waals surface area contributed by atoms with Crippen molar-refractivity contribution in [2.75, 3.05) is 19.6 Å². The van der Waals surface area contributed by atoms with Crippen LogP contribution in [0.25, 0.3) is 11.1 Å². The normalized spacial score (nSPS) is 16.3. The fourth-order valence-corrected chi connectivity index (χ4v) is 3.87. The van der Waals surface area contributed by atoms with E-state index in [1.54, 1.807) is 0 Å². The number of nitrogens with zero attached hydrogens (tertiary/aromatic N) is 1. The van der Waals surface area contributed by atoms with Crippen LogP contribution in [-0.2, 0) is 6.54 Å². The highest BCUT2D eigenvalue weighted by atomic mass is 15.2. The van der Waals surface area contributed by atoms with Gasteiger partial charge in [-0.3, -0.25) is 4.90 Å². The summed E-state index contributed by atoms with van der Waals surface area (Å²) in [5, 5.41) is 3.51. The van der Waals surface area contributed by atoms with Gasteiger partial charge in [0.1, 0.15) is 0 Å². The van der Waals surface area contributed by atoms with Crippen LogP contribution in [0.3, 0.4) is 0 Å². The quantitative estimate of drug-likeness (QED) is 0.831. The molecule has 1 aliphatic heterocycles. The van der Waals surface area contributed by atoms with E-state index in [1.807, 2.05) is 0 Å². The van der Waals surface area contributed by atoms with Gasteiger partial charge in [-0.15, -0.1) is 0 Å². The molecule has 0 saturated carbocycles. The van der Waals surface area contributed by atoms with Crippen LogP contribution in [0.1, 0.15) is 39.2 Å². The molecule has 134 valence electrons. The molecule has 1 heterocycles. The van der Waals surface area contributed by atoms with E-state index >= 15 is 0 Å². The molecule has 3 rings (SSSR count). The number of rotatable bonds is 5. The maximum absolute atomic E-state index is 3.51. The number of nitrogens with one attached hydrogen (secondary N) is 1. The maximum atomic E-state index is 3.51. The van der Waals surface area contributed by atoms with E-state index in [0.717, 1.165) is 26.2 Å². The molecule has 25 heavy (non-hydrogen) atoms. The van der Waals surface area contributed by atoms with Crippen LogP contribution in [0.5, 0.6) is 0 Å². The zero-order valence-corrected chi connectivity index (χ0v) is 16.0. The molecule has 2 nitrogen and oxygen atoms in total. The minimum atomic E-state index is 0.312. The average Bonchev–Trinajstić information content (AvgIpc) is 2.62. The topological polar surface area (TPSA) is 15.3 Å². The molecule has 0 radical (unpaired) electrons. The van der Waals surface area contributed by atoms with Gasteiger partial charge in [0, 0.05) is 19.1 Å². The number of hydrogen-bond acceptors (Lipinski definition) is 2. The van der Waals surface area contributed by atoms with Crippen LogP contribution in [0.15, 0.2) is 54.6 Å². The lowest BCUT2D eigenvalue weighted by atomic mass is 9.92. The van der Waals surface area contributed by atoms with Gasteiger partial charge >= 0.3 is 0 Å². The van der Waals surface area contributed by atoms with Crippen molar-refractivity contribution in [2.24, 2.45) is 5.41 Å². The molecule has 2 aromatic carbocycles. The molecular weight excluding hydrogens is 304 g/mol.